The zero-order valence-electron chi connectivity index (χ0n) is 33.7. The van der Waals surface area contributed by atoms with E-state index in [1.807, 2.05) is 0 Å². The molecule has 0 unspecified atom stereocenters. The second-order valence-electron chi connectivity index (χ2n) is 0. The Morgan fingerprint density at radius 3 is 0.00990 bits per heavy atom. The molecule has 0 aromatic heterocycles. The third kappa shape index (κ3) is 708. The van der Waals surface area contributed by atoms with E-state index in [1.54, 1.807) is 0 Å². The molecule has 0 saturated heterocycles. The Morgan fingerprint density at radius 2 is 0.00990 bits per heavy atom. The van der Waals surface area contributed by atoms with Crippen molar-refractivity contribution in [3.63, 3.8) is 0 Å². The standard InChI is InChI=1S/101Tb. The molecule has 0 saturated carbocycles. The van der Waals surface area contributed by atoms with E-state index in [0.717, 1.165) is 0 Å². The van der Waals surface area contributed by atoms with Crippen LogP contribution in [0.25, 0.3) is 0 Å². The van der Waals surface area contributed by atoms with Crippen LogP contribution < -0.4 is 0 Å². The molecule has 0 spiro atoms. The molecule has 0 aliphatic heterocycles. The summed E-state index contributed by atoms with van der Waals surface area (Å²) in [5.41, 5.74) is 0. The van der Waals surface area contributed by atoms with Gasteiger partial charge >= 0.3 is 0 Å². The molecule has 0 fully saturated rings. The van der Waals surface area contributed by atoms with Crippen molar-refractivity contribution in [1.29, 1.82) is 0 Å². The van der Waals surface area contributed by atoms with Crippen molar-refractivity contribution in [1.82, 2.24) is 0 Å². The minimum atomic E-state index is 0. The summed E-state index contributed by atoms with van der Waals surface area (Å²) in [5.74, 6) is 0. The molecule has 101 radical (unpaired) electrons. The van der Waals surface area contributed by atoms with Crippen molar-refractivity contribution in [2.45, 2.75) is 0 Å². The summed E-state index contributed by atoms with van der Waals surface area (Å²) in [5, 5.41) is 0. The predicted octanol–water partition coefficient (Wildman–Crippen LogP) is 0. The van der Waals surface area contributed by atoms with Crippen LogP contribution in [0.3, 0.4) is 0 Å². The summed E-state index contributed by atoms with van der Waals surface area (Å²) in [6, 6.07) is 0. The van der Waals surface area contributed by atoms with Gasteiger partial charge in [0, 0.05) is 3900 Å². The molecule has 0 aliphatic rings. The first-order valence-corrected chi connectivity index (χ1v) is 0. The molecule has 0 bridgehead atoms. The first-order valence-electron chi connectivity index (χ1n) is 0. The van der Waals surface area contributed by atoms with Crippen LogP contribution in [0.4, 0.5) is 0 Å². The molecule has 0 aromatic carbocycles. The number of hydrogen-bond donors (Lipinski definition) is 0. The van der Waals surface area contributed by atoms with Gasteiger partial charge < -0.3 is 0 Å². The van der Waals surface area contributed by atoms with Gasteiger partial charge in [-0.1, -0.05) is 0 Å². The molecule has 0 nitrogen and oxygen atoms in total. The normalized spacial score (nSPS) is 0. The van der Waals surface area contributed by atoms with E-state index < -0.39 is 0 Å². The second kappa shape index (κ2) is 714. The summed E-state index contributed by atoms with van der Waals surface area (Å²) >= 11 is 0. The smallest absolute Gasteiger partial charge is 0 e. The Morgan fingerprint density at radius 1 is 0.00990 bits per heavy atom. The van der Waals surface area contributed by atoms with E-state index in [-0.39, 0.29) is 3900 Å². The van der Waals surface area contributed by atoms with Gasteiger partial charge in [-0.05, 0) is 0 Å². The van der Waals surface area contributed by atoms with Crippen LogP contribution in [-0.4, -0.2) is 0 Å². The topological polar surface area (TPSA) is 0 Å². The van der Waals surface area contributed by atoms with Crippen LogP contribution in [0.1, 0.15) is 0 Å². The summed E-state index contributed by atoms with van der Waals surface area (Å²) in [6.07, 6.45) is 0. The van der Waals surface area contributed by atoms with E-state index in [4.69, 9.17) is 0 Å². The van der Waals surface area contributed by atoms with E-state index in [9.17, 15) is 0 Å². The van der Waals surface area contributed by atoms with Crippen LogP contribution in [-0.2, 0) is 0 Å². The SMILES string of the molecule is [Tb].[Tb].[Tb].[Tb].[Tb].[Tb].[Tb].[Tb].[Tb].[Tb].[Tb].[Tb].[Tb].[Tb].[Tb].[Tb].[Tb].[Tb].[Tb].[Tb].[Tb].[Tb].[Tb].[Tb].[Tb].[Tb].[Tb].[Tb].[Tb].[Tb].[Tb].[Tb].[Tb].[Tb].[Tb].[Tb].[Tb].[Tb].[Tb].[Tb].[Tb].[Tb].[Tb].[Tb].[Tb].[Tb].[Tb].[Tb].[Tb].[Tb].[Tb].[Tb].[Tb].[Tb].[Tb].[Tb].[Tb].[Tb].[Tb].[Tb].[Tb].[Tb].[Tb].[Tb].[Tb].[Tb].[Tb].[Tb].[Tb].[Tb].[Tb].[Tb].[Tb].[Tb].[Tb].[Tb].[Tb].[Tb].[Tb].[Tb].[Tb].[Tb].[Tb].[Tb].[Tb].[Tb].[Tb].[Tb].[Tb].[Tb].[Tb].[Tb].[Tb].[Tb].[Tb].[Tb].[Tb].[Tb].[Tb].[Tb].[Tb]. The van der Waals surface area contributed by atoms with E-state index in [2.05, 4.69) is 0 Å². The van der Waals surface area contributed by atoms with E-state index in [1.165, 1.54) is 0 Å². The molecule has 0 N–H and O–H groups in total. The van der Waals surface area contributed by atoms with Gasteiger partial charge in [0.05, 0.1) is 0 Å². The third-order valence-corrected chi connectivity index (χ3v) is 0. The fourth-order valence-electron chi connectivity index (χ4n) is 0. The molecule has 0 amide bonds. The summed E-state index contributed by atoms with van der Waals surface area (Å²) < 4.78 is 0. The van der Waals surface area contributed by atoms with Gasteiger partial charge in [0.2, 0.25) is 0 Å². The summed E-state index contributed by atoms with van der Waals surface area (Å²) in [4.78, 5) is 0. The minimum absolute atomic E-state index is 0. The van der Waals surface area contributed by atoms with Gasteiger partial charge in [0.1, 0.15) is 0 Å². The van der Waals surface area contributed by atoms with Crippen LogP contribution in [0, 0.1) is 3900 Å². The van der Waals surface area contributed by atoms with Gasteiger partial charge in [-0.15, -0.1) is 0 Å². The van der Waals surface area contributed by atoms with Crippen molar-refractivity contribution < 1.29 is 3900 Å². The van der Waals surface area contributed by atoms with E-state index in [0.29, 0.717) is 0 Å². The van der Waals surface area contributed by atoms with Crippen LogP contribution >= 0.6 is 0 Å². The van der Waals surface area contributed by atoms with Crippen LogP contribution in [0.2, 0.25) is 0 Å². The second-order valence-corrected chi connectivity index (χ2v) is 0. The largest absolute Gasteiger partial charge is 0 e. The van der Waals surface area contributed by atoms with Gasteiger partial charge in [-0.25, -0.2) is 0 Å². The zero-order valence-corrected chi connectivity index (χ0v) is 250. The molecule has 101 heavy (non-hydrogen) atoms. The van der Waals surface area contributed by atoms with Gasteiger partial charge in [-0.3, -0.25) is 0 Å². The molecular weight excluding hydrogens is 16100 g/mol. The predicted molar refractivity (Wildman–Crippen MR) is 0 cm³/mol. The van der Waals surface area contributed by atoms with Crippen molar-refractivity contribution >= 4 is 0 Å². The van der Waals surface area contributed by atoms with Gasteiger partial charge in [0.15, 0.2) is 0 Å². The Kier molecular flexibility index (Phi) is 5110. The zero-order chi connectivity index (χ0) is 0. The first-order chi connectivity index (χ1) is 0. The maximum Gasteiger partial charge on any atom is 0 e. The number of hydrogen-bond acceptors (Lipinski definition) is 0. The fourth-order valence-corrected chi connectivity index (χ4v) is 0. The maximum absolute atomic E-state index is 0. The molecule has 101 heteroatoms. The quantitative estimate of drug-likeness (QED) is 0.321. The molecule has 0 heterocycles. The Labute approximate surface area is 3730 Å². The van der Waals surface area contributed by atoms with E-state index >= 15 is 0 Å². The molecule has 909 valence electrons. The van der Waals surface area contributed by atoms with Crippen LogP contribution in [0.15, 0.2) is 0 Å². The number of rotatable bonds is 0. The van der Waals surface area contributed by atoms with Crippen molar-refractivity contribution in [2.24, 2.45) is 0 Å². The molecule has 0 aromatic rings. The minimum Gasteiger partial charge on any atom is 0 e. The first kappa shape index (κ1) is 723. The summed E-state index contributed by atoms with van der Waals surface area (Å²) in [6.45, 7) is 0. The average molecular weight is 16100 g/mol. The van der Waals surface area contributed by atoms with Gasteiger partial charge in [-0.2, -0.15) is 0 Å². The van der Waals surface area contributed by atoms with Crippen molar-refractivity contribution in [2.75, 3.05) is 0 Å². The average Bonchev–Trinajstić information content (AvgIpc) is 0. The molecule has 0 aliphatic carbocycles. The van der Waals surface area contributed by atoms with Crippen molar-refractivity contribution in [3.05, 3.63) is 0 Å². The van der Waals surface area contributed by atoms with Gasteiger partial charge in [0.25, 0.3) is 0 Å². The maximum atomic E-state index is 0. The van der Waals surface area contributed by atoms with Crippen LogP contribution in [0.5, 0.6) is 0 Å². The fraction of sp³-hybridized carbons (Fsp3) is 0. The third-order valence-electron chi connectivity index (χ3n) is 0. The molecular formula is Tb101. The summed E-state index contributed by atoms with van der Waals surface area (Å²) in [7, 11) is 0. The van der Waals surface area contributed by atoms with Crippen molar-refractivity contribution in [3.8, 4) is 0 Å². The Hall–Kier alpha value is 130. The molecule has 0 atom stereocenters. The monoisotopic (exact) mass is 16100 g/mol. The molecule has 0 rings (SSSR count). The Balaban J connectivity index is 0. The Bertz CT molecular complexity index is 0.